The van der Waals surface area contributed by atoms with Crippen LogP contribution in [-0.4, -0.2) is 58.2 Å². The molecule has 5 N–H and O–H groups in total. The van der Waals surface area contributed by atoms with Gasteiger partial charge >= 0.3 is 0 Å². The molecular formula is C26H32FN7O2S. The molecule has 1 spiro atoms. The highest BCUT2D eigenvalue weighted by Gasteiger charge is 2.53. The Labute approximate surface area is 218 Å². The van der Waals surface area contributed by atoms with Crippen LogP contribution in [0, 0.1) is 25.6 Å². The van der Waals surface area contributed by atoms with Gasteiger partial charge in [-0.05, 0) is 57.1 Å². The first-order valence-electron chi connectivity index (χ1n) is 12.8. The van der Waals surface area contributed by atoms with Crippen LogP contribution in [0.1, 0.15) is 52.2 Å². The summed E-state index contributed by atoms with van der Waals surface area (Å²) in [6, 6.07) is 1.25. The Morgan fingerprint density at radius 3 is 2.86 bits per heavy atom. The van der Waals surface area contributed by atoms with E-state index < -0.39 is 5.60 Å². The van der Waals surface area contributed by atoms with Gasteiger partial charge in [0.2, 0.25) is 0 Å². The van der Waals surface area contributed by atoms with Crippen molar-refractivity contribution < 1.29 is 13.9 Å². The van der Waals surface area contributed by atoms with Gasteiger partial charge in [0.25, 0.3) is 5.91 Å². The smallest absolute Gasteiger partial charge is 0.263 e. The van der Waals surface area contributed by atoms with Crippen LogP contribution in [0.5, 0.6) is 0 Å². The number of thiophene rings is 1. The highest BCUT2D eigenvalue weighted by atomic mass is 32.1. The van der Waals surface area contributed by atoms with Gasteiger partial charge in [-0.1, -0.05) is 6.92 Å². The molecule has 5 heterocycles. The summed E-state index contributed by atoms with van der Waals surface area (Å²) in [7, 11) is 0. The molecule has 37 heavy (non-hydrogen) atoms. The molecule has 0 bridgehead atoms. The first-order valence-corrected chi connectivity index (χ1v) is 13.6. The maximum atomic E-state index is 15.3. The SMILES string of the molecule is Cc1nc(C)c2c(N)c(C(=O)NC3CCc4nc(N5CC(N)C6(C5)OCCC6C)c(F)cc4C3)sc2n1. The number of hydrogen-bond acceptors (Lipinski definition) is 9. The second-order valence-electron chi connectivity index (χ2n) is 10.7. The van der Waals surface area contributed by atoms with E-state index in [0.29, 0.717) is 71.9 Å². The van der Waals surface area contributed by atoms with Crippen molar-refractivity contribution in [3.05, 3.63) is 39.5 Å². The van der Waals surface area contributed by atoms with E-state index in [9.17, 15) is 4.79 Å². The molecule has 2 aliphatic heterocycles. The van der Waals surface area contributed by atoms with Crippen LogP contribution in [-0.2, 0) is 17.6 Å². The van der Waals surface area contributed by atoms with Gasteiger partial charge in [-0.25, -0.2) is 19.3 Å². The van der Waals surface area contributed by atoms with Crippen molar-refractivity contribution in [3.8, 4) is 0 Å². The van der Waals surface area contributed by atoms with Gasteiger partial charge in [0.1, 0.15) is 21.1 Å². The molecule has 4 atom stereocenters. The summed E-state index contributed by atoms with van der Waals surface area (Å²) in [5.74, 6) is 0.720. The number of nitrogens with one attached hydrogen (secondary N) is 1. The molecule has 1 aliphatic carbocycles. The monoisotopic (exact) mass is 525 g/mol. The zero-order valence-corrected chi connectivity index (χ0v) is 22.1. The van der Waals surface area contributed by atoms with E-state index in [-0.39, 0.29) is 23.8 Å². The molecule has 3 aromatic rings. The van der Waals surface area contributed by atoms with Crippen molar-refractivity contribution >= 4 is 39.0 Å². The highest BCUT2D eigenvalue weighted by Crippen LogP contribution is 2.41. The lowest BCUT2D eigenvalue weighted by atomic mass is 9.85. The number of nitrogens with two attached hydrogens (primary N) is 2. The van der Waals surface area contributed by atoms with Crippen LogP contribution in [0.3, 0.4) is 0 Å². The largest absolute Gasteiger partial charge is 0.397 e. The number of ether oxygens (including phenoxy) is 1. The number of carbonyl (C=O) groups excluding carboxylic acids is 1. The van der Waals surface area contributed by atoms with E-state index in [1.54, 1.807) is 6.07 Å². The third kappa shape index (κ3) is 3.95. The molecule has 0 radical (unpaired) electrons. The minimum atomic E-state index is -0.434. The van der Waals surface area contributed by atoms with E-state index >= 15 is 4.39 Å². The normalized spacial score (nSPS) is 27.3. The van der Waals surface area contributed by atoms with E-state index in [1.807, 2.05) is 18.7 Å². The number of nitrogens with zero attached hydrogens (tertiary/aromatic N) is 4. The Morgan fingerprint density at radius 1 is 1.30 bits per heavy atom. The Morgan fingerprint density at radius 2 is 2.11 bits per heavy atom. The van der Waals surface area contributed by atoms with Crippen LogP contribution in [0.2, 0.25) is 0 Å². The maximum absolute atomic E-state index is 15.3. The molecule has 11 heteroatoms. The molecule has 196 valence electrons. The summed E-state index contributed by atoms with van der Waals surface area (Å²) in [5, 5.41) is 3.83. The number of carbonyl (C=O) groups is 1. The molecule has 2 saturated heterocycles. The Kier molecular flexibility index (Phi) is 5.85. The quantitative estimate of drug-likeness (QED) is 0.476. The number of pyridine rings is 1. The number of halogens is 1. The summed E-state index contributed by atoms with van der Waals surface area (Å²) in [4.78, 5) is 29.8. The Balaban J connectivity index is 1.19. The van der Waals surface area contributed by atoms with Crippen LogP contribution in [0.25, 0.3) is 10.2 Å². The molecule has 9 nitrogen and oxygen atoms in total. The summed E-state index contributed by atoms with van der Waals surface area (Å²) >= 11 is 1.27. The third-order valence-corrected chi connectivity index (χ3v) is 9.38. The van der Waals surface area contributed by atoms with Crippen molar-refractivity contribution in [2.45, 2.75) is 64.1 Å². The fourth-order valence-electron chi connectivity index (χ4n) is 6.24. The van der Waals surface area contributed by atoms with Crippen molar-refractivity contribution in [1.82, 2.24) is 20.3 Å². The van der Waals surface area contributed by atoms with E-state index in [0.717, 1.165) is 28.8 Å². The van der Waals surface area contributed by atoms with Crippen molar-refractivity contribution in [3.63, 3.8) is 0 Å². The molecule has 1 amide bonds. The zero-order chi connectivity index (χ0) is 26.1. The molecule has 4 unspecified atom stereocenters. The number of anilines is 2. The lowest BCUT2D eigenvalue weighted by Gasteiger charge is -2.31. The van der Waals surface area contributed by atoms with Crippen molar-refractivity contribution in [2.24, 2.45) is 11.7 Å². The van der Waals surface area contributed by atoms with Crippen molar-refractivity contribution in [1.29, 1.82) is 0 Å². The zero-order valence-electron chi connectivity index (χ0n) is 21.3. The second kappa shape index (κ2) is 8.85. The molecule has 3 aromatic heterocycles. The minimum Gasteiger partial charge on any atom is -0.397 e. The maximum Gasteiger partial charge on any atom is 0.263 e. The fourth-order valence-corrected chi connectivity index (χ4v) is 7.33. The van der Waals surface area contributed by atoms with Gasteiger partial charge in [0.05, 0.1) is 29.4 Å². The number of aryl methyl sites for hydroxylation is 3. The highest BCUT2D eigenvalue weighted by molar-refractivity contribution is 7.21. The third-order valence-electron chi connectivity index (χ3n) is 8.28. The van der Waals surface area contributed by atoms with Gasteiger partial charge in [-0.3, -0.25) is 4.79 Å². The first-order chi connectivity index (χ1) is 17.7. The number of fused-ring (bicyclic) bond motifs is 2. The van der Waals surface area contributed by atoms with E-state index in [4.69, 9.17) is 21.2 Å². The average Bonchev–Trinajstić information content (AvgIpc) is 3.49. The molecular weight excluding hydrogens is 493 g/mol. The number of hydrogen-bond donors (Lipinski definition) is 3. The molecule has 2 fully saturated rings. The van der Waals surface area contributed by atoms with Crippen molar-refractivity contribution in [2.75, 3.05) is 30.3 Å². The first kappa shape index (κ1) is 24.4. The Bertz CT molecular complexity index is 1410. The van der Waals surface area contributed by atoms with E-state index in [1.165, 1.54) is 11.3 Å². The van der Waals surface area contributed by atoms with Gasteiger partial charge in [-0.2, -0.15) is 0 Å². The van der Waals surface area contributed by atoms with Crippen LogP contribution in [0.15, 0.2) is 6.07 Å². The molecule has 0 aromatic carbocycles. The number of aromatic nitrogens is 3. The number of amides is 1. The summed E-state index contributed by atoms with van der Waals surface area (Å²) in [5.41, 5.74) is 15.2. The van der Waals surface area contributed by atoms with Crippen LogP contribution in [0.4, 0.5) is 15.9 Å². The Hall–Kier alpha value is -2.89. The predicted molar refractivity (Wildman–Crippen MR) is 141 cm³/mol. The van der Waals surface area contributed by atoms with Crippen LogP contribution >= 0.6 is 11.3 Å². The second-order valence-corrected chi connectivity index (χ2v) is 11.7. The minimum absolute atomic E-state index is 0.137. The lowest BCUT2D eigenvalue weighted by Crippen LogP contribution is -2.50. The van der Waals surface area contributed by atoms with E-state index in [2.05, 4.69) is 22.2 Å². The summed E-state index contributed by atoms with van der Waals surface area (Å²) < 4.78 is 21.4. The summed E-state index contributed by atoms with van der Waals surface area (Å²) in [6.07, 6.45) is 2.84. The van der Waals surface area contributed by atoms with Gasteiger partial charge < -0.3 is 26.4 Å². The average molecular weight is 526 g/mol. The number of nitrogen functional groups attached to an aromatic ring is 1. The number of rotatable bonds is 3. The van der Waals surface area contributed by atoms with Crippen LogP contribution < -0.4 is 21.7 Å². The standard InChI is InChI=1S/C26H32FN7O2S/c1-12-6-7-36-26(12)11-34(10-19(26)28)23-17(27)9-15-8-16(4-5-18(15)33-23)32-24(35)22-21(29)20-13(2)30-14(3)31-25(20)37-22/h9,12,16,19H,4-8,10-11,28-29H2,1-3H3,(H,32,35). The molecule has 0 saturated carbocycles. The van der Waals surface area contributed by atoms with Gasteiger partial charge in [-0.15, -0.1) is 11.3 Å². The lowest BCUT2D eigenvalue weighted by molar-refractivity contribution is -0.0109. The van der Waals surface area contributed by atoms with Gasteiger partial charge in [0.15, 0.2) is 11.6 Å². The summed E-state index contributed by atoms with van der Waals surface area (Å²) in [6.45, 7) is 7.60. The topological polar surface area (TPSA) is 132 Å². The fraction of sp³-hybridized carbons (Fsp3) is 0.538. The van der Waals surface area contributed by atoms with Gasteiger partial charge in [0, 0.05) is 24.9 Å². The molecule has 3 aliphatic rings. The molecule has 6 rings (SSSR count). The predicted octanol–water partition coefficient (Wildman–Crippen LogP) is 2.65.